The van der Waals surface area contributed by atoms with Crippen molar-refractivity contribution in [1.82, 2.24) is 19.3 Å². The topological polar surface area (TPSA) is 77.9 Å². The number of carbonyl (C=O) groups is 1. The van der Waals surface area contributed by atoms with Crippen molar-refractivity contribution in [1.29, 1.82) is 0 Å². The molecule has 35 heavy (non-hydrogen) atoms. The maximum Gasteiger partial charge on any atom is 0.237 e. The highest BCUT2D eigenvalue weighted by atomic mass is 32.2. The van der Waals surface area contributed by atoms with E-state index in [-0.39, 0.29) is 11.7 Å². The SMILES string of the molecule is CC[C@@H](Sc1nnc(-c2cc3occc3n2C)n1-c1ccccc1C)C(=O)Nc1ccc(F)cc1. The van der Waals surface area contributed by atoms with Gasteiger partial charge in [0.25, 0.3) is 0 Å². The molecule has 0 saturated heterocycles. The van der Waals surface area contributed by atoms with Crippen molar-refractivity contribution in [3.63, 3.8) is 0 Å². The first-order valence-electron chi connectivity index (χ1n) is 11.2. The molecule has 0 aliphatic heterocycles. The highest BCUT2D eigenvalue weighted by Crippen LogP contribution is 2.34. The van der Waals surface area contributed by atoms with Gasteiger partial charge < -0.3 is 14.3 Å². The normalized spacial score (nSPS) is 12.2. The summed E-state index contributed by atoms with van der Waals surface area (Å²) in [7, 11) is 1.96. The molecule has 5 rings (SSSR count). The summed E-state index contributed by atoms with van der Waals surface area (Å²) in [6.07, 6.45) is 2.23. The summed E-state index contributed by atoms with van der Waals surface area (Å²) < 4.78 is 22.9. The van der Waals surface area contributed by atoms with Crippen LogP contribution in [-0.2, 0) is 11.8 Å². The Kier molecular flexibility index (Phi) is 6.17. The first kappa shape index (κ1) is 22.9. The first-order chi connectivity index (χ1) is 17.0. The fourth-order valence-electron chi connectivity index (χ4n) is 4.01. The summed E-state index contributed by atoms with van der Waals surface area (Å²) in [5.41, 5.74) is 5.10. The third kappa shape index (κ3) is 4.35. The van der Waals surface area contributed by atoms with E-state index in [1.54, 1.807) is 18.4 Å². The van der Waals surface area contributed by atoms with Crippen molar-refractivity contribution < 1.29 is 13.6 Å². The van der Waals surface area contributed by atoms with Crippen LogP contribution in [0.5, 0.6) is 0 Å². The molecule has 178 valence electrons. The van der Waals surface area contributed by atoms with Gasteiger partial charge in [-0.2, -0.15) is 0 Å². The fraction of sp³-hybridized carbons (Fsp3) is 0.192. The van der Waals surface area contributed by atoms with Gasteiger partial charge in [0.1, 0.15) is 5.82 Å². The number of aryl methyl sites for hydroxylation is 2. The number of furan rings is 1. The molecule has 9 heteroatoms. The predicted octanol–water partition coefficient (Wildman–Crippen LogP) is 5.98. The minimum atomic E-state index is -0.426. The molecule has 3 aromatic heterocycles. The molecule has 0 radical (unpaired) electrons. The summed E-state index contributed by atoms with van der Waals surface area (Å²) in [5.74, 6) is 0.127. The quantitative estimate of drug-likeness (QED) is 0.285. The number of aromatic nitrogens is 4. The average Bonchev–Trinajstić information content (AvgIpc) is 3.55. The van der Waals surface area contributed by atoms with Gasteiger partial charge >= 0.3 is 0 Å². The van der Waals surface area contributed by atoms with Gasteiger partial charge in [0.05, 0.1) is 28.4 Å². The third-order valence-electron chi connectivity index (χ3n) is 5.91. The van der Waals surface area contributed by atoms with Crippen LogP contribution in [0.3, 0.4) is 0 Å². The Balaban J connectivity index is 1.54. The number of carbonyl (C=O) groups excluding carboxylic acids is 1. The number of rotatable bonds is 7. The van der Waals surface area contributed by atoms with Gasteiger partial charge in [-0.1, -0.05) is 36.9 Å². The zero-order chi connectivity index (χ0) is 24.5. The number of halogens is 1. The van der Waals surface area contributed by atoms with Crippen molar-refractivity contribution in [2.24, 2.45) is 7.05 Å². The molecule has 0 saturated carbocycles. The molecule has 1 atom stereocenters. The number of anilines is 1. The van der Waals surface area contributed by atoms with E-state index in [1.165, 1.54) is 23.9 Å². The zero-order valence-electron chi connectivity index (χ0n) is 19.5. The molecule has 7 nitrogen and oxygen atoms in total. The number of benzene rings is 2. The van der Waals surface area contributed by atoms with Crippen LogP contribution in [0.25, 0.3) is 28.3 Å². The molecule has 2 aromatic carbocycles. The molecule has 1 amide bonds. The smallest absolute Gasteiger partial charge is 0.237 e. The standard InChI is InChI=1S/C26H24FN5O2S/c1-4-23(25(33)28-18-11-9-17(27)10-12-18)35-26-30-29-24(32(26)19-8-6-5-7-16(19)2)21-15-22-20(31(21)3)13-14-34-22/h5-15,23H,4H2,1-3H3,(H,28,33)/t23-/m1/s1. The van der Waals surface area contributed by atoms with Crippen molar-refractivity contribution in [3.05, 3.63) is 78.3 Å². The number of para-hydroxylation sites is 1. The van der Waals surface area contributed by atoms with E-state index in [9.17, 15) is 9.18 Å². The van der Waals surface area contributed by atoms with Crippen LogP contribution >= 0.6 is 11.8 Å². The Hall–Kier alpha value is -3.85. The van der Waals surface area contributed by atoms with Gasteiger partial charge in [0, 0.05) is 24.9 Å². The summed E-state index contributed by atoms with van der Waals surface area (Å²) >= 11 is 1.35. The molecule has 5 aromatic rings. The first-order valence-corrected chi connectivity index (χ1v) is 12.1. The van der Waals surface area contributed by atoms with Gasteiger partial charge in [-0.15, -0.1) is 10.2 Å². The molecule has 0 fully saturated rings. The van der Waals surface area contributed by atoms with Crippen molar-refractivity contribution in [3.8, 4) is 17.2 Å². The summed E-state index contributed by atoms with van der Waals surface area (Å²) in [6.45, 7) is 3.98. The number of nitrogens with zero attached hydrogens (tertiary/aromatic N) is 4. The second kappa shape index (κ2) is 9.42. The lowest BCUT2D eigenvalue weighted by atomic mass is 10.2. The third-order valence-corrected chi connectivity index (χ3v) is 7.21. The molecule has 0 bridgehead atoms. The second-order valence-electron chi connectivity index (χ2n) is 8.20. The van der Waals surface area contributed by atoms with Gasteiger partial charge in [-0.05, 0) is 49.2 Å². The summed E-state index contributed by atoms with van der Waals surface area (Å²) in [4.78, 5) is 13.1. The van der Waals surface area contributed by atoms with E-state index in [0.29, 0.717) is 23.1 Å². The van der Waals surface area contributed by atoms with Gasteiger partial charge in [0.15, 0.2) is 16.6 Å². The lowest BCUT2D eigenvalue weighted by Gasteiger charge is -2.17. The van der Waals surface area contributed by atoms with Crippen LogP contribution in [0.1, 0.15) is 18.9 Å². The molecule has 0 unspecified atom stereocenters. The van der Waals surface area contributed by atoms with Crippen LogP contribution in [0, 0.1) is 12.7 Å². The average molecular weight is 490 g/mol. The molecular weight excluding hydrogens is 465 g/mol. The molecular formula is C26H24FN5O2S. The van der Waals surface area contributed by atoms with Gasteiger partial charge in [-0.3, -0.25) is 9.36 Å². The maximum absolute atomic E-state index is 13.3. The van der Waals surface area contributed by atoms with Crippen molar-refractivity contribution in [2.75, 3.05) is 5.32 Å². The van der Waals surface area contributed by atoms with Crippen LogP contribution in [0.2, 0.25) is 0 Å². The Morgan fingerprint density at radius 1 is 1.14 bits per heavy atom. The number of nitrogens with one attached hydrogen (secondary N) is 1. The second-order valence-corrected chi connectivity index (χ2v) is 9.37. The number of fused-ring (bicyclic) bond motifs is 1. The minimum absolute atomic E-state index is 0.179. The fourth-order valence-corrected chi connectivity index (χ4v) is 4.98. The van der Waals surface area contributed by atoms with Gasteiger partial charge in [0.2, 0.25) is 5.91 Å². The summed E-state index contributed by atoms with van der Waals surface area (Å²) in [6, 6.07) is 17.6. The highest BCUT2D eigenvalue weighted by Gasteiger charge is 2.26. The Morgan fingerprint density at radius 2 is 1.91 bits per heavy atom. The Labute approximate surface area is 206 Å². The Bertz CT molecular complexity index is 1500. The maximum atomic E-state index is 13.3. The molecule has 0 aliphatic rings. The van der Waals surface area contributed by atoms with E-state index >= 15 is 0 Å². The van der Waals surface area contributed by atoms with Crippen LogP contribution in [0.4, 0.5) is 10.1 Å². The number of thioether (sulfide) groups is 1. The Morgan fingerprint density at radius 3 is 2.63 bits per heavy atom. The van der Waals surface area contributed by atoms with E-state index in [2.05, 4.69) is 15.5 Å². The van der Waals surface area contributed by atoms with Gasteiger partial charge in [-0.25, -0.2) is 4.39 Å². The zero-order valence-corrected chi connectivity index (χ0v) is 20.3. The van der Waals surface area contributed by atoms with E-state index in [1.807, 2.05) is 66.4 Å². The number of hydrogen-bond acceptors (Lipinski definition) is 5. The lowest BCUT2D eigenvalue weighted by molar-refractivity contribution is -0.115. The molecule has 0 aliphatic carbocycles. The number of hydrogen-bond donors (Lipinski definition) is 1. The van der Waals surface area contributed by atoms with E-state index in [4.69, 9.17) is 4.42 Å². The monoisotopic (exact) mass is 489 g/mol. The molecule has 1 N–H and O–H groups in total. The largest absolute Gasteiger partial charge is 0.463 e. The van der Waals surface area contributed by atoms with Crippen molar-refractivity contribution in [2.45, 2.75) is 30.7 Å². The van der Waals surface area contributed by atoms with Crippen molar-refractivity contribution >= 4 is 34.5 Å². The molecule has 0 spiro atoms. The lowest BCUT2D eigenvalue weighted by Crippen LogP contribution is -2.25. The predicted molar refractivity (Wildman–Crippen MR) is 135 cm³/mol. The van der Waals surface area contributed by atoms with E-state index < -0.39 is 5.25 Å². The number of amides is 1. The summed E-state index contributed by atoms with van der Waals surface area (Å²) in [5, 5.41) is 12.1. The highest BCUT2D eigenvalue weighted by molar-refractivity contribution is 8.00. The minimum Gasteiger partial charge on any atom is -0.463 e. The van der Waals surface area contributed by atoms with Crippen LogP contribution in [0.15, 0.2) is 76.5 Å². The van der Waals surface area contributed by atoms with Crippen LogP contribution < -0.4 is 5.32 Å². The van der Waals surface area contributed by atoms with E-state index in [0.717, 1.165) is 28.0 Å². The molecule has 3 heterocycles. The van der Waals surface area contributed by atoms with Crippen LogP contribution in [-0.4, -0.2) is 30.5 Å².